The lowest BCUT2D eigenvalue weighted by Crippen LogP contribution is -2.39. The summed E-state index contributed by atoms with van der Waals surface area (Å²) in [5.74, 6) is 0.529. The van der Waals surface area contributed by atoms with Gasteiger partial charge in [0.15, 0.2) is 17.6 Å². The SMILES string of the molecule is COc1cc(CC(=O)O[C@H](C)C(=O)N[C@@H]2CCCc3ccccc32)cc(OC)c1OC. The van der Waals surface area contributed by atoms with Gasteiger partial charge in [-0.2, -0.15) is 0 Å². The van der Waals surface area contributed by atoms with Crippen LogP contribution in [0.2, 0.25) is 0 Å². The molecule has 2 aromatic carbocycles. The minimum Gasteiger partial charge on any atom is -0.493 e. The number of methoxy groups -OCH3 is 3. The number of carbonyl (C=O) groups excluding carboxylic acids is 2. The van der Waals surface area contributed by atoms with Crippen molar-refractivity contribution in [2.45, 2.75) is 44.8 Å². The number of rotatable bonds is 8. The Hall–Kier alpha value is -3.22. The summed E-state index contributed by atoms with van der Waals surface area (Å²) in [4.78, 5) is 25.1. The van der Waals surface area contributed by atoms with Gasteiger partial charge in [0, 0.05) is 0 Å². The van der Waals surface area contributed by atoms with E-state index in [2.05, 4.69) is 11.4 Å². The van der Waals surface area contributed by atoms with Crippen molar-refractivity contribution in [3.63, 3.8) is 0 Å². The Kier molecular flexibility index (Phi) is 7.39. The largest absolute Gasteiger partial charge is 0.493 e. The van der Waals surface area contributed by atoms with Gasteiger partial charge < -0.3 is 24.3 Å². The maximum Gasteiger partial charge on any atom is 0.311 e. The molecule has 0 heterocycles. The van der Waals surface area contributed by atoms with E-state index in [-0.39, 0.29) is 18.4 Å². The number of hydrogen-bond donors (Lipinski definition) is 1. The lowest BCUT2D eigenvalue weighted by molar-refractivity contribution is -0.154. The molecule has 0 bridgehead atoms. The average Bonchev–Trinajstić information content (AvgIpc) is 2.78. The molecule has 31 heavy (non-hydrogen) atoms. The normalized spacial score (nSPS) is 15.9. The molecular weight excluding hydrogens is 398 g/mol. The van der Waals surface area contributed by atoms with E-state index in [0.29, 0.717) is 22.8 Å². The van der Waals surface area contributed by atoms with Crippen molar-refractivity contribution in [3.8, 4) is 17.2 Å². The number of amides is 1. The Bertz CT molecular complexity index is 916. The lowest BCUT2D eigenvalue weighted by Gasteiger charge is -2.27. The van der Waals surface area contributed by atoms with Gasteiger partial charge in [-0.1, -0.05) is 24.3 Å². The topological polar surface area (TPSA) is 83.1 Å². The molecule has 2 atom stereocenters. The van der Waals surface area contributed by atoms with Crippen LogP contribution in [-0.4, -0.2) is 39.3 Å². The predicted octanol–water partition coefficient (Wildman–Crippen LogP) is 3.38. The van der Waals surface area contributed by atoms with Gasteiger partial charge in [-0.3, -0.25) is 9.59 Å². The number of fused-ring (bicyclic) bond motifs is 1. The third kappa shape index (κ3) is 5.29. The second-order valence-electron chi connectivity index (χ2n) is 7.49. The van der Waals surface area contributed by atoms with Gasteiger partial charge in [-0.05, 0) is 55.0 Å². The van der Waals surface area contributed by atoms with Crippen molar-refractivity contribution >= 4 is 11.9 Å². The van der Waals surface area contributed by atoms with Gasteiger partial charge in [-0.25, -0.2) is 0 Å². The summed E-state index contributed by atoms with van der Waals surface area (Å²) in [7, 11) is 4.53. The molecular formula is C24H29NO6. The van der Waals surface area contributed by atoms with Crippen LogP contribution < -0.4 is 19.5 Å². The van der Waals surface area contributed by atoms with Crippen LogP contribution in [0.1, 0.15) is 42.5 Å². The molecule has 0 saturated carbocycles. The van der Waals surface area contributed by atoms with E-state index in [1.54, 1.807) is 19.1 Å². The Balaban J connectivity index is 1.61. The number of ether oxygens (including phenoxy) is 4. The summed E-state index contributed by atoms with van der Waals surface area (Å²) < 4.78 is 21.3. The predicted molar refractivity (Wildman–Crippen MR) is 116 cm³/mol. The third-order valence-electron chi connectivity index (χ3n) is 5.44. The highest BCUT2D eigenvalue weighted by Gasteiger charge is 2.25. The molecule has 2 aromatic rings. The quantitative estimate of drug-likeness (QED) is 0.651. The number of esters is 1. The van der Waals surface area contributed by atoms with E-state index in [4.69, 9.17) is 18.9 Å². The molecule has 1 aliphatic carbocycles. The van der Waals surface area contributed by atoms with Gasteiger partial charge in [0.2, 0.25) is 5.75 Å². The third-order valence-corrected chi connectivity index (χ3v) is 5.44. The first kappa shape index (κ1) is 22.5. The van der Waals surface area contributed by atoms with Gasteiger partial charge in [0.1, 0.15) is 0 Å². The van der Waals surface area contributed by atoms with Crippen LogP contribution >= 0.6 is 0 Å². The maximum absolute atomic E-state index is 12.6. The molecule has 0 radical (unpaired) electrons. The second kappa shape index (κ2) is 10.2. The Morgan fingerprint density at radius 2 is 1.74 bits per heavy atom. The van der Waals surface area contributed by atoms with Crippen LogP contribution in [0.4, 0.5) is 0 Å². The first-order chi connectivity index (χ1) is 15.0. The van der Waals surface area contributed by atoms with Crippen LogP contribution in [0.5, 0.6) is 17.2 Å². The van der Waals surface area contributed by atoms with Crippen molar-refractivity contribution < 1.29 is 28.5 Å². The van der Waals surface area contributed by atoms with Gasteiger partial charge in [0.25, 0.3) is 5.91 Å². The van der Waals surface area contributed by atoms with Crippen molar-refractivity contribution in [1.82, 2.24) is 5.32 Å². The molecule has 1 aliphatic rings. The smallest absolute Gasteiger partial charge is 0.311 e. The minimum atomic E-state index is -0.899. The van der Waals surface area contributed by atoms with E-state index >= 15 is 0 Å². The summed E-state index contributed by atoms with van der Waals surface area (Å²) in [5, 5.41) is 3.02. The van der Waals surface area contributed by atoms with Crippen LogP contribution in [-0.2, 0) is 27.2 Å². The Morgan fingerprint density at radius 1 is 1.06 bits per heavy atom. The monoisotopic (exact) mass is 427 g/mol. The number of hydrogen-bond acceptors (Lipinski definition) is 6. The zero-order valence-corrected chi connectivity index (χ0v) is 18.4. The van der Waals surface area contributed by atoms with Gasteiger partial charge in [0.05, 0.1) is 33.8 Å². The van der Waals surface area contributed by atoms with Crippen LogP contribution in [0, 0.1) is 0 Å². The number of aryl methyl sites for hydroxylation is 1. The molecule has 7 nitrogen and oxygen atoms in total. The van der Waals surface area contributed by atoms with E-state index in [1.165, 1.54) is 26.9 Å². The number of carbonyl (C=O) groups is 2. The highest BCUT2D eigenvalue weighted by molar-refractivity contribution is 5.84. The molecule has 0 aromatic heterocycles. The van der Waals surface area contributed by atoms with Crippen molar-refractivity contribution in [2.24, 2.45) is 0 Å². The highest BCUT2D eigenvalue weighted by atomic mass is 16.5. The second-order valence-corrected chi connectivity index (χ2v) is 7.49. The highest BCUT2D eigenvalue weighted by Crippen LogP contribution is 2.38. The minimum absolute atomic E-state index is 0.0272. The Labute approximate surface area is 182 Å². The van der Waals surface area contributed by atoms with E-state index in [0.717, 1.165) is 24.8 Å². The summed E-state index contributed by atoms with van der Waals surface area (Å²) in [6, 6.07) is 11.4. The molecule has 3 rings (SSSR count). The van der Waals surface area contributed by atoms with Gasteiger partial charge >= 0.3 is 5.97 Å². The molecule has 0 saturated heterocycles. The fraction of sp³-hybridized carbons (Fsp3) is 0.417. The van der Waals surface area contributed by atoms with Crippen LogP contribution in [0.25, 0.3) is 0 Å². The standard InChI is InChI=1S/C24H29NO6/c1-15(24(27)25-19-11-7-9-17-8-5-6-10-18(17)19)31-22(26)14-16-12-20(28-2)23(30-4)21(13-16)29-3/h5-6,8,10,12-13,15,19H,7,9,11,14H2,1-4H3,(H,25,27)/t15-,19-/m1/s1. The van der Waals surface area contributed by atoms with E-state index in [9.17, 15) is 9.59 Å². The van der Waals surface area contributed by atoms with Crippen molar-refractivity contribution in [3.05, 3.63) is 53.1 Å². The summed E-state index contributed by atoms with van der Waals surface area (Å²) in [5.41, 5.74) is 3.03. The Morgan fingerprint density at radius 3 is 2.39 bits per heavy atom. The molecule has 0 fully saturated rings. The zero-order valence-electron chi connectivity index (χ0n) is 18.4. The molecule has 0 spiro atoms. The fourth-order valence-corrected chi connectivity index (χ4v) is 3.89. The van der Waals surface area contributed by atoms with Crippen molar-refractivity contribution in [1.29, 1.82) is 0 Å². The van der Waals surface area contributed by atoms with Crippen LogP contribution in [0.3, 0.4) is 0 Å². The molecule has 0 aliphatic heterocycles. The number of benzene rings is 2. The average molecular weight is 427 g/mol. The maximum atomic E-state index is 12.6. The van der Waals surface area contributed by atoms with E-state index < -0.39 is 12.1 Å². The summed E-state index contributed by atoms with van der Waals surface area (Å²) >= 11 is 0. The first-order valence-electron chi connectivity index (χ1n) is 10.3. The molecule has 0 unspecified atom stereocenters. The summed E-state index contributed by atoms with van der Waals surface area (Å²) in [6.07, 6.45) is 1.97. The van der Waals surface area contributed by atoms with Crippen LogP contribution in [0.15, 0.2) is 36.4 Å². The van der Waals surface area contributed by atoms with Crippen molar-refractivity contribution in [2.75, 3.05) is 21.3 Å². The van der Waals surface area contributed by atoms with E-state index in [1.807, 2.05) is 18.2 Å². The molecule has 1 amide bonds. The lowest BCUT2D eigenvalue weighted by atomic mass is 9.87. The first-order valence-corrected chi connectivity index (χ1v) is 10.3. The van der Waals surface area contributed by atoms with Gasteiger partial charge in [-0.15, -0.1) is 0 Å². The molecule has 1 N–H and O–H groups in total. The fourth-order valence-electron chi connectivity index (χ4n) is 3.89. The molecule has 7 heteroatoms. The molecule has 166 valence electrons. The zero-order chi connectivity index (χ0) is 22.4. The number of nitrogens with one attached hydrogen (secondary N) is 1. The summed E-state index contributed by atoms with van der Waals surface area (Å²) in [6.45, 7) is 1.58.